The van der Waals surface area contributed by atoms with Crippen LogP contribution in [0.5, 0.6) is 0 Å². The molecule has 0 bridgehead atoms. The first kappa shape index (κ1) is 13.9. The molecule has 0 aromatic carbocycles. The van der Waals surface area contributed by atoms with Crippen LogP contribution in [0.15, 0.2) is 6.07 Å². The average Bonchev–Trinajstić information content (AvgIpc) is 2.81. The Kier molecular flexibility index (Phi) is 4.51. The molecular weight excluding hydrogens is 274 g/mol. The minimum absolute atomic E-state index is 0.560. The molecule has 2 aliphatic rings. The molecule has 106 valence electrons. The zero-order chi connectivity index (χ0) is 13.2. The first-order valence-electron chi connectivity index (χ1n) is 7.82. The highest BCUT2D eigenvalue weighted by Gasteiger charge is 2.29. The van der Waals surface area contributed by atoms with Gasteiger partial charge in [-0.25, -0.2) is 0 Å². The molecule has 0 radical (unpaired) electrons. The number of halogens is 1. The molecule has 0 aliphatic heterocycles. The molecule has 1 N–H and O–H groups in total. The molecule has 1 heterocycles. The molecule has 2 aliphatic carbocycles. The maximum Gasteiger partial charge on any atom is 0.0934 e. The van der Waals surface area contributed by atoms with Gasteiger partial charge >= 0.3 is 0 Å². The summed E-state index contributed by atoms with van der Waals surface area (Å²) in [5.74, 6) is 0.883. The van der Waals surface area contributed by atoms with Gasteiger partial charge in [-0.05, 0) is 49.7 Å². The first-order valence-corrected chi connectivity index (χ1v) is 9.01. The fourth-order valence-electron chi connectivity index (χ4n) is 3.87. The third-order valence-corrected chi connectivity index (χ3v) is 6.27. The van der Waals surface area contributed by atoms with Crippen molar-refractivity contribution >= 4 is 22.9 Å². The van der Waals surface area contributed by atoms with Crippen LogP contribution in [0.3, 0.4) is 0 Å². The minimum atomic E-state index is 0.560. The van der Waals surface area contributed by atoms with E-state index in [2.05, 4.69) is 18.3 Å². The molecule has 1 aromatic heterocycles. The predicted molar refractivity (Wildman–Crippen MR) is 84.2 cm³/mol. The van der Waals surface area contributed by atoms with E-state index in [1.54, 1.807) is 11.3 Å². The average molecular weight is 298 g/mol. The summed E-state index contributed by atoms with van der Waals surface area (Å²) in [7, 11) is 0. The summed E-state index contributed by atoms with van der Waals surface area (Å²) < 4.78 is 0.967. The number of hydrogen-bond donors (Lipinski definition) is 1. The Balaban J connectivity index is 1.73. The second-order valence-corrected chi connectivity index (χ2v) is 7.87. The van der Waals surface area contributed by atoms with Crippen molar-refractivity contribution in [2.75, 3.05) is 0 Å². The van der Waals surface area contributed by atoms with Crippen molar-refractivity contribution in [2.24, 2.45) is 5.92 Å². The molecule has 0 amide bonds. The Labute approximate surface area is 125 Å². The SMILES string of the molecule is CCC1CCCCC1NC1CCCc2sc(Cl)cc21. The largest absolute Gasteiger partial charge is 0.307 e. The number of hydrogen-bond acceptors (Lipinski definition) is 2. The van der Waals surface area contributed by atoms with Crippen LogP contribution in [-0.4, -0.2) is 6.04 Å². The van der Waals surface area contributed by atoms with Crippen molar-refractivity contribution in [3.8, 4) is 0 Å². The van der Waals surface area contributed by atoms with Gasteiger partial charge in [-0.2, -0.15) is 0 Å². The van der Waals surface area contributed by atoms with Gasteiger partial charge < -0.3 is 5.32 Å². The summed E-state index contributed by atoms with van der Waals surface area (Å²) in [5, 5.41) is 3.98. The zero-order valence-corrected chi connectivity index (χ0v) is 13.3. The van der Waals surface area contributed by atoms with Gasteiger partial charge in [0.2, 0.25) is 0 Å². The maximum absolute atomic E-state index is 6.21. The zero-order valence-electron chi connectivity index (χ0n) is 11.8. The highest BCUT2D eigenvalue weighted by molar-refractivity contribution is 7.16. The van der Waals surface area contributed by atoms with Gasteiger partial charge in [0.05, 0.1) is 4.34 Å². The van der Waals surface area contributed by atoms with Crippen LogP contribution >= 0.6 is 22.9 Å². The van der Waals surface area contributed by atoms with Crippen LogP contribution in [0.2, 0.25) is 4.34 Å². The highest BCUT2D eigenvalue weighted by atomic mass is 35.5. The lowest BCUT2D eigenvalue weighted by atomic mass is 9.81. The topological polar surface area (TPSA) is 12.0 Å². The molecule has 3 rings (SSSR count). The molecular formula is C16H24ClNS. The Morgan fingerprint density at radius 2 is 2.11 bits per heavy atom. The highest BCUT2D eigenvalue weighted by Crippen LogP contribution is 2.39. The Morgan fingerprint density at radius 1 is 1.26 bits per heavy atom. The van der Waals surface area contributed by atoms with Crippen molar-refractivity contribution in [3.05, 3.63) is 20.8 Å². The van der Waals surface area contributed by atoms with E-state index in [-0.39, 0.29) is 0 Å². The molecule has 3 atom stereocenters. The van der Waals surface area contributed by atoms with Gasteiger partial charge in [0.1, 0.15) is 0 Å². The predicted octanol–water partition coefficient (Wildman–Crippen LogP) is 5.34. The summed E-state index contributed by atoms with van der Waals surface area (Å²) in [6.07, 6.45) is 10.8. The quantitative estimate of drug-likeness (QED) is 0.794. The standard InChI is InChI=1S/C16H24ClNS/c1-2-11-6-3-4-7-13(11)18-14-8-5-9-15-12(14)10-16(17)19-15/h10-11,13-14,18H,2-9H2,1H3. The van der Waals surface area contributed by atoms with E-state index in [4.69, 9.17) is 11.6 Å². The Morgan fingerprint density at radius 3 is 2.95 bits per heavy atom. The monoisotopic (exact) mass is 297 g/mol. The van der Waals surface area contributed by atoms with Gasteiger partial charge in [-0.3, -0.25) is 0 Å². The van der Waals surface area contributed by atoms with E-state index in [0.717, 1.165) is 16.3 Å². The lowest BCUT2D eigenvalue weighted by Gasteiger charge is -2.36. The van der Waals surface area contributed by atoms with Crippen LogP contribution in [0, 0.1) is 5.92 Å². The lowest BCUT2D eigenvalue weighted by Crippen LogP contribution is -2.41. The molecule has 19 heavy (non-hydrogen) atoms. The number of rotatable bonds is 3. The van der Waals surface area contributed by atoms with Crippen molar-refractivity contribution in [1.82, 2.24) is 5.32 Å². The van der Waals surface area contributed by atoms with Crippen LogP contribution in [0.4, 0.5) is 0 Å². The van der Waals surface area contributed by atoms with Gasteiger partial charge in [-0.1, -0.05) is 37.8 Å². The van der Waals surface area contributed by atoms with Gasteiger partial charge in [0, 0.05) is 17.0 Å². The molecule has 3 unspecified atom stereocenters. The maximum atomic E-state index is 6.21. The van der Waals surface area contributed by atoms with E-state index in [1.807, 2.05) is 0 Å². The van der Waals surface area contributed by atoms with Crippen molar-refractivity contribution < 1.29 is 0 Å². The number of thiophene rings is 1. The van der Waals surface area contributed by atoms with Crippen LogP contribution < -0.4 is 5.32 Å². The summed E-state index contributed by atoms with van der Waals surface area (Å²) in [6, 6.07) is 3.50. The van der Waals surface area contributed by atoms with Crippen LogP contribution in [0.1, 0.15) is 68.4 Å². The van der Waals surface area contributed by atoms with Crippen LogP contribution in [0.25, 0.3) is 0 Å². The summed E-state index contributed by atoms with van der Waals surface area (Å²) >= 11 is 7.99. The fourth-order valence-corrected chi connectivity index (χ4v) is 5.25. The number of nitrogens with one attached hydrogen (secondary N) is 1. The second kappa shape index (κ2) is 6.15. The molecule has 1 fully saturated rings. The smallest absolute Gasteiger partial charge is 0.0934 e. The van der Waals surface area contributed by atoms with Gasteiger partial charge in [-0.15, -0.1) is 11.3 Å². The van der Waals surface area contributed by atoms with Gasteiger partial charge in [0.25, 0.3) is 0 Å². The van der Waals surface area contributed by atoms with Crippen molar-refractivity contribution in [3.63, 3.8) is 0 Å². The third-order valence-electron chi connectivity index (χ3n) is 4.93. The summed E-state index contributed by atoms with van der Waals surface area (Å²) in [4.78, 5) is 1.53. The van der Waals surface area contributed by atoms with Gasteiger partial charge in [0.15, 0.2) is 0 Å². The van der Waals surface area contributed by atoms with E-state index in [0.29, 0.717) is 6.04 Å². The van der Waals surface area contributed by atoms with Crippen molar-refractivity contribution in [2.45, 2.75) is 70.4 Å². The number of aryl methyl sites for hydroxylation is 1. The summed E-state index contributed by atoms with van der Waals surface area (Å²) in [6.45, 7) is 2.35. The summed E-state index contributed by atoms with van der Waals surface area (Å²) in [5.41, 5.74) is 1.50. The molecule has 0 saturated heterocycles. The van der Waals surface area contributed by atoms with Crippen LogP contribution in [-0.2, 0) is 6.42 Å². The van der Waals surface area contributed by atoms with E-state index in [1.165, 1.54) is 61.8 Å². The van der Waals surface area contributed by atoms with E-state index >= 15 is 0 Å². The third kappa shape index (κ3) is 3.01. The van der Waals surface area contributed by atoms with Crippen molar-refractivity contribution in [1.29, 1.82) is 0 Å². The molecule has 0 spiro atoms. The fraction of sp³-hybridized carbons (Fsp3) is 0.750. The molecule has 1 saturated carbocycles. The van der Waals surface area contributed by atoms with E-state index in [9.17, 15) is 0 Å². The van der Waals surface area contributed by atoms with E-state index < -0.39 is 0 Å². The molecule has 3 heteroatoms. The Hall–Kier alpha value is -0.0500. The molecule has 1 nitrogen and oxygen atoms in total. The lowest BCUT2D eigenvalue weighted by molar-refractivity contribution is 0.230. The Bertz CT molecular complexity index is 428. The normalized spacial score (nSPS) is 31.2. The number of fused-ring (bicyclic) bond motifs is 1. The second-order valence-electron chi connectivity index (χ2n) is 6.10. The minimum Gasteiger partial charge on any atom is -0.307 e. The first-order chi connectivity index (χ1) is 9.28. The molecule has 1 aromatic rings.